The van der Waals surface area contributed by atoms with Crippen molar-refractivity contribution in [2.45, 2.75) is 19.8 Å². The van der Waals surface area contributed by atoms with E-state index in [0.717, 1.165) is 5.56 Å². The third-order valence-corrected chi connectivity index (χ3v) is 3.90. The van der Waals surface area contributed by atoms with Gasteiger partial charge in [-0.15, -0.1) is 0 Å². The average molecular weight is 373 g/mol. The van der Waals surface area contributed by atoms with E-state index in [1.54, 1.807) is 6.92 Å². The summed E-state index contributed by atoms with van der Waals surface area (Å²) in [5.41, 5.74) is 1.00. The van der Waals surface area contributed by atoms with Gasteiger partial charge in [-0.05, 0) is 43.2 Å². The molecule has 2 aromatic carbocycles. The second-order valence-corrected chi connectivity index (χ2v) is 6.00. The van der Waals surface area contributed by atoms with Crippen LogP contribution >= 0.6 is 0 Å². The summed E-state index contributed by atoms with van der Waals surface area (Å²) in [6.07, 6.45) is 0.629. The van der Waals surface area contributed by atoms with Gasteiger partial charge in [-0.25, -0.2) is 4.39 Å². The average Bonchev–Trinajstić information content (AvgIpc) is 2.67. The highest BCUT2D eigenvalue weighted by Gasteiger charge is 2.21. The Bertz CT molecular complexity index is 719. The fourth-order valence-electron chi connectivity index (χ4n) is 2.52. The lowest BCUT2D eigenvalue weighted by Crippen LogP contribution is -2.35. The summed E-state index contributed by atoms with van der Waals surface area (Å²) in [5.74, 6) is -0.848. The highest BCUT2D eigenvalue weighted by atomic mass is 19.1. The van der Waals surface area contributed by atoms with E-state index in [2.05, 4.69) is 5.32 Å². The number of hydrogen-bond donors (Lipinski definition) is 1. The number of carbonyl (C=O) groups excluding carboxylic acids is 2. The molecule has 1 N–H and O–H groups in total. The molecule has 0 aromatic heterocycles. The van der Waals surface area contributed by atoms with Crippen LogP contribution in [-0.4, -0.2) is 31.6 Å². The Kier molecular flexibility index (Phi) is 8.29. The molecule has 0 heterocycles. The SMILES string of the molecule is CCOC(=O)C(CNC(=O)CCOc1ccc(F)cc1)Cc1ccccc1. The van der Waals surface area contributed by atoms with Crippen LogP contribution in [0.3, 0.4) is 0 Å². The number of rotatable bonds is 10. The molecule has 0 aliphatic carbocycles. The lowest BCUT2D eigenvalue weighted by molar-refractivity contribution is -0.147. The Balaban J connectivity index is 1.79. The molecular formula is C21H24FNO4. The maximum atomic E-state index is 12.8. The fraction of sp³-hybridized carbons (Fsp3) is 0.333. The van der Waals surface area contributed by atoms with Crippen molar-refractivity contribution in [1.29, 1.82) is 0 Å². The second kappa shape index (κ2) is 11.0. The zero-order chi connectivity index (χ0) is 19.5. The van der Waals surface area contributed by atoms with Crippen LogP contribution in [0.1, 0.15) is 18.9 Å². The number of esters is 1. The summed E-state index contributed by atoms with van der Waals surface area (Å²) in [5, 5.41) is 2.76. The monoisotopic (exact) mass is 373 g/mol. The molecule has 0 fully saturated rings. The van der Waals surface area contributed by atoms with Crippen molar-refractivity contribution < 1.29 is 23.5 Å². The Labute approximate surface area is 158 Å². The minimum atomic E-state index is -0.450. The van der Waals surface area contributed by atoms with Crippen LogP contribution in [-0.2, 0) is 20.7 Å². The number of hydrogen-bond acceptors (Lipinski definition) is 4. The van der Waals surface area contributed by atoms with Gasteiger partial charge in [0.2, 0.25) is 5.91 Å². The molecule has 2 rings (SSSR count). The number of carbonyl (C=O) groups is 2. The predicted octanol–water partition coefficient (Wildman–Crippen LogP) is 3.13. The Morgan fingerprint density at radius 2 is 1.78 bits per heavy atom. The molecule has 27 heavy (non-hydrogen) atoms. The highest BCUT2D eigenvalue weighted by molar-refractivity contribution is 5.78. The number of benzene rings is 2. The molecule has 0 radical (unpaired) electrons. The quantitative estimate of drug-likeness (QED) is 0.650. The third-order valence-electron chi connectivity index (χ3n) is 3.90. The maximum absolute atomic E-state index is 12.8. The van der Waals surface area contributed by atoms with Crippen molar-refractivity contribution in [3.8, 4) is 5.75 Å². The summed E-state index contributed by atoms with van der Waals surface area (Å²) in [6.45, 7) is 2.41. The molecule has 1 amide bonds. The standard InChI is InChI=1S/C21H24FNO4/c1-2-26-21(25)17(14-16-6-4-3-5-7-16)15-23-20(24)12-13-27-19-10-8-18(22)9-11-19/h3-11,17H,2,12-15H2,1H3,(H,23,24). The maximum Gasteiger partial charge on any atom is 0.311 e. The van der Waals surface area contributed by atoms with Crippen LogP contribution in [0.5, 0.6) is 5.75 Å². The first kappa shape index (κ1) is 20.4. The van der Waals surface area contributed by atoms with Gasteiger partial charge in [0.05, 0.1) is 25.6 Å². The first-order valence-corrected chi connectivity index (χ1v) is 8.94. The van der Waals surface area contributed by atoms with Crippen molar-refractivity contribution in [3.05, 3.63) is 66.0 Å². The summed E-state index contributed by atoms with van der Waals surface area (Å²) < 4.78 is 23.3. The van der Waals surface area contributed by atoms with Gasteiger partial charge in [0.25, 0.3) is 0 Å². The van der Waals surface area contributed by atoms with Crippen molar-refractivity contribution in [2.75, 3.05) is 19.8 Å². The van der Waals surface area contributed by atoms with Crippen molar-refractivity contribution in [1.82, 2.24) is 5.32 Å². The third kappa shape index (κ3) is 7.48. The minimum Gasteiger partial charge on any atom is -0.493 e. The number of halogens is 1. The van der Waals surface area contributed by atoms with Gasteiger partial charge in [0, 0.05) is 6.54 Å². The van der Waals surface area contributed by atoms with Crippen LogP contribution in [0.25, 0.3) is 0 Å². The largest absolute Gasteiger partial charge is 0.493 e. The van der Waals surface area contributed by atoms with Crippen LogP contribution in [0, 0.1) is 11.7 Å². The van der Waals surface area contributed by atoms with Crippen LogP contribution in [0.15, 0.2) is 54.6 Å². The molecule has 1 unspecified atom stereocenters. The topological polar surface area (TPSA) is 64.6 Å². The lowest BCUT2D eigenvalue weighted by atomic mass is 9.99. The first-order chi connectivity index (χ1) is 13.1. The fourth-order valence-corrected chi connectivity index (χ4v) is 2.52. The van der Waals surface area contributed by atoms with E-state index in [0.29, 0.717) is 18.8 Å². The molecule has 5 nitrogen and oxygen atoms in total. The Hall–Kier alpha value is -2.89. The summed E-state index contributed by atoms with van der Waals surface area (Å²) in [7, 11) is 0. The van der Waals surface area contributed by atoms with Gasteiger partial charge in [0.15, 0.2) is 0 Å². The Morgan fingerprint density at radius 3 is 2.44 bits per heavy atom. The van der Waals surface area contributed by atoms with Crippen LogP contribution in [0.4, 0.5) is 4.39 Å². The first-order valence-electron chi connectivity index (χ1n) is 8.94. The van der Waals surface area contributed by atoms with E-state index in [4.69, 9.17) is 9.47 Å². The van der Waals surface area contributed by atoms with Gasteiger partial charge in [-0.2, -0.15) is 0 Å². The van der Waals surface area contributed by atoms with Crippen molar-refractivity contribution >= 4 is 11.9 Å². The normalized spacial score (nSPS) is 11.5. The number of nitrogens with one attached hydrogen (secondary N) is 1. The molecule has 0 saturated heterocycles. The Morgan fingerprint density at radius 1 is 1.07 bits per heavy atom. The smallest absolute Gasteiger partial charge is 0.311 e. The molecular weight excluding hydrogens is 349 g/mol. The van der Waals surface area contributed by atoms with Gasteiger partial charge in [0.1, 0.15) is 11.6 Å². The van der Waals surface area contributed by atoms with E-state index in [1.165, 1.54) is 24.3 Å². The number of ether oxygens (including phenoxy) is 2. The lowest BCUT2D eigenvalue weighted by Gasteiger charge is -2.16. The van der Waals surface area contributed by atoms with Gasteiger partial charge < -0.3 is 14.8 Å². The molecule has 0 spiro atoms. The van der Waals surface area contributed by atoms with Gasteiger partial charge in [-0.1, -0.05) is 30.3 Å². The van der Waals surface area contributed by atoms with Crippen LogP contribution in [0.2, 0.25) is 0 Å². The molecule has 0 aliphatic heterocycles. The van der Waals surface area contributed by atoms with Gasteiger partial charge >= 0.3 is 5.97 Å². The molecule has 1 atom stereocenters. The van der Waals surface area contributed by atoms with E-state index >= 15 is 0 Å². The van der Waals surface area contributed by atoms with Crippen LogP contribution < -0.4 is 10.1 Å². The molecule has 6 heteroatoms. The zero-order valence-electron chi connectivity index (χ0n) is 15.3. The summed E-state index contributed by atoms with van der Waals surface area (Å²) >= 11 is 0. The molecule has 0 saturated carbocycles. The predicted molar refractivity (Wildman–Crippen MR) is 99.8 cm³/mol. The minimum absolute atomic E-state index is 0.137. The van der Waals surface area contributed by atoms with Crippen molar-refractivity contribution in [2.24, 2.45) is 5.92 Å². The molecule has 0 aliphatic rings. The number of amides is 1. The van der Waals surface area contributed by atoms with Crippen molar-refractivity contribution in [3.63, 3.8) is 0 Å². The molecule has 2 aromatic rings. The second-order valence-electron chi connectivity index (χ2n) is 6.00. The highest BCUT2D eigenvalue weighted by Crippen LogP contribution is 2.12. The molecule has 0 bridgehead atoms. The molecule has 144 valence electrons. The van der Waals surface area contributed by atoms with E-state index in [1.807, 2.05) is 30.3 Å². The van der Waals surface area contributed by atoms with E-state index in [9.17, 15) is 14.0 Å². The van der Waals surface area contributed by atoms with E-state index < -0.39 is 5.92 Å². The summed E-state index contributed by atoms with van der Waals surface area (Å²) in [6, 6.07) is 15.2. The van der Waals surface area contributed by atoms with Gasteiger partial charge in [-0.3, -0.25) is 9.59 Å². The van der Waals surface area contributed by atoms with E-state index in [-0.39, 0.29) is 37.3 Å². The summed E-state index contributed by atoms with van der Waals surface area (Å²) in [4.78, 5) is 24.2. The zero-order valence-corrected chi connectivity index (χ0v) is 15.3.